The highest BCUT2D eigenvalue weighted by molar-refractivity contribution is 7.91. The van der Waals surface area contributed by atoms with Crippen molar-refractivity contribution in [2.75, 3.05) is 19.3 Å². The van der Waals surface area contributed by atoms with E-state index >= 15 is 0 Å². The molecule has 3 atom stereocenters. The highest BCUT2D eigenvalue weighted by Gasteiger charge is 2.38. The molecule has 1 amide bonds. The Morgan fingerprint density at radius 3 is 2.59 bits per heavy atom. The number of sulfone groups is 1. The predicted molar refractivity (Wildman–Crippen MR) is 141 cm³/mol. The fourth-order valence-electron chi connectivity index (χ4n) is 4.48. The van der Waals surface area contributed by atoms with Crippen molar-refractivity contribution < 1.29 is 26.7 Å². The minimum atomic E-state index is -3.18. The van der Waals surface area contributed by atoms with Crippen LogP contribution in [0.5, 0.6) is 5.75 Å². The molecular formula is C25H31Cl2F2N3O4S. The number of piperidine rings is 1. The average Bonchev–Trinajstić information content (AvgIpc) is 2.82. The van der Waals surface area contributed by atoms with E-state index in [0.717, 1.165) is 0 Å². The summed E-state index contributed by atoms with van der Waals surface area (Å²) in [5.41, 5.74) is 6.49. The number of carbonyl (C=O) groups excluding carboxylic acids is 1. The van der Waals surface area contributed by atoms with E-state index in [0.29, 0.717) is 53.5 Å². The molecule has 1 aliphatic heterocycles. The standard InChI is InChI=1S/C25H31Cl2F2N3O4S/c1-25(17-6-7-20(26)21(27)13-17,9-11-32-10-8-19(14-22(32)30)37(2,34)35)23(33)31-15-16-4-3-5-18(12-16)36-24(28)29/h3-7,12-13,19,22,24H,8-11,14-15,30H2,1-2H3,(H,31,33). The van der Waals surface area contributed by atoms with Gasteiger partial charge in [-0.3, -0.25) is 9.69 Å². The van der Waals surface area contributed by atoms with E-state index < -0.39 is 33.3 Å². The molecule has 0 spiro atoms. The number of ether oxygens (including phenoxy) is 1. The third-order valence-corrected chi connectivity index (χ3v) is 9.23. The van der Waals surface area contributed by atoms with Crippen LogP contribution in [0.1, 0.15) is 37.3 Å². The summed E-state index contributed by atoms with van der Waals surface area (Å²) < 4.78 is 53.5. The van der Waals surface area contributed by atoms with Crippen LogP contribution >= 0.6 is 23.2 Å². The lowest BCUT2D eigenvalue weighted by Crippen LogP contribution is -2.53. The molecule has 37 heavy (non-hydrogen) atoms. The van der Waals surface area contributed by atoms with Gasteiger partial charge in [0.2, 0.25) is 5.91 Å². The van der Waals surface area contributed by atoms with E-state index in [9.17, 15) is 22.0 Å². The minimum absolute atomic E-state index is 0.000442. The SMILES string of the molecule is CC(CCN1CCC(S(C)(=O)=O)CC1N)(C(=O)NCc1cccc(OC(F)F)c1)c1ccc(Cl)c(Cl)c1. The number of carbonyl (C=O) groups is 1. The number of likely N-dealkylation sites (tertiary alicyclic amines) is 1. The molecule has 2 aromatic rings. The van der Waals surface area contributed by atoms with Crippen molar-refractivity contribution in [2.24, 2.45) is 5.73 Å². The number of amides is 1. The van der Waals surface area contributed by atoms with Gasteiger partial charge in [0, 0.05) is 25.9 Å². The maximum Gasteiger partial charge on any atom is 0.387 e. The number of benzene rings is 2. The van der Waals surface area contributed by atoms with E-state index in [1.54, 1.807) is 37.3 Å². The quantitative estimate of drug-likeness (QED) is 0.435. The Bertz CT molecular complexity index is 1220. The Labute approximate surface area is 226 Å². The second-order valence-electron chi connectivity index (χ2n) is 9.50. The molecule has 1 saturated heterocycles. The van der Waals surface area contributed by atoms with Gasteiger partial charge in [0.25, 0.3) is 0 Å². The second kappa shape index (κ2) is 12.3. The van der Waals surface area contributed by atoms with Gasteiger partial charge in [0.05, 0.1) is 26.9 Å². The molecule has 7 nitrogen and oxygen atoms in total. The van der Waals surface area contributed by atoms with Crippen LogP contribution < -0.4 is 15.8 Å². The smallest absolute Gasteiger partial charge is 0.387 e. The molecule has 3 N–H and O–H groups in total. The monoisotopic (exact) mass is 577 g/mol. The van der Waals surface area contributed by atoms with E-state index in [-0.39, 0.29) is 18.2 Å². The number of halogens is 4. The van der Waals surface area contributed by atoms with Gasteiger partial charge in [0.1, 0.15) is 15.6 Å². The number of rotatable bonds is 10. The summed E-state index contributed by atoms with van der Waals surface area (Å²) in [7, 11) is -3.18. The van der Waals surface area contributed by atoms with Gasteiger partial charge in [-0.2, -0.15) is 8.78 Å². The Hall–Kier alpha value is -1.98. The van der Waals surface area contributed by atoms with E-state index in [1.807, 2.05) is 4.90 Å². The third kappa shape index (κ3) is 7.77. The highest BCUT2D eigenvalue weighted by Crippen LogP contribution is 2.34. The molecule has 0 saturated carbocycles. The van der Waals surface area contributed by atoms with Crippen molar-refractivity contribution in [3.63, 3.8) is 0 Å². The average molecular weight is 579 g/mol. The third-order valence-electron chi connectivity index (χ3n) is 6.85. The van der Waals surface area contributed by atoms with Gasteiger partial charge < -0.3 is 15.8 Å². The summed E-state index contributed by atoms with van der Waals surface area (Å²) in [6, 6.07) is 11.1. The van der Waals surface area contributed by atoms with Crippen molar-refractivity contribution in [3.8, 4) is 5.75 Å². The first-order valence-corrected chi connectivity index (χ1v) is 14.5. The summed E-state index contributed by atoms with van der Waals surface area (Å²) in [6.07, 6.45) is 1.93. The molecule has 204 valence electrons. The van der Waals surface area contributed by atoms with Crippen molar-refractivity contribution >= 4 is 38.9 Å². The van der Waals surface area contributed by atoms with E-state index in [2.05, 4.69) is 10.1 Å². The van der Waals surface area contributed by atoms with Gasteiger partial charge in [-0.25, -0.2) is 8.42 Å². The Morgan fingerprint density at radius 2 is 1.97 bits per heavy atom. The molecule has 3 unspecified atom stereocenters. The van der Waals surface area contributed by atoms with Gasteiger partial charge in [-0.1, -0.05) is 41.4 Å². The fraction of sp³-hybridized carbons (Fsp3) is 0.480. The maximum atomic E-state index is 13.6. The first kappa shape index (κ1) is 29.6. The summed E-state index contributed by atoms with van der Waals surface area (Å²) >= 11 is 12.4. The van der Waals surface area contributed by atoms with Crippen molar-refractivity contribution in [1.29, 1.82) is 0 Å². The minimum Gasteiger partial charge on any atom is -0.435 e. The normalized spacial score (nSPS) is 20.4. The number of nitrogens with zero attached hydrogens (tertiary/aromatic N) is 1. The van der Waals surface area contributed by atoms with Crippen LogP contribution in [-0.4, -0.2) is 56.6 Å². The number of nitrogens with one attached hydrogen (secondary N) is 1. The van der Waals surface area contributed by atoms with E-state index in [1.165, 1.54) is 18.4 Å². The topological polar surface area (TPSA) is 102 Å². The number of hydrogen-bond acceptors (Lipinski definition) is 6. The molecule has 0 bridgehead atoms. The zero-order chi connectivity index (χ0) is 27.4. The number of nitrogens with two attached hydrogens (primary N) is 1. The summed E-state index contributed by atoms with van der Waals surface area (Å²) in [5.74, 6) is -0.300. The van der Waals surface area contributed by atoms with Crippen molar-refractivity contribution in [3.05, 3.63) is 63.6 Å². The molecule has 1 aliphatic rings. The maximum absolute atomic E-state index is 13.6. The lowest BCUT2D eigenvalue weighted by molar-refractivity contribution is -0.126. The summed E-state index contributed by atoms with van der Waals surface area (Å²) in [6.45, 7) is -0.131. The van der Waals surface area contributed by atoms with Gasteiger partial charge >= 0.3 is 6.61 Å². The first-order valence-electron chi connectivity index (χ1n) is 11.8. The predicted octanol–water partition coefficient (Wildman–Crippen LogP) is 4.35. The molecular weight excluding hydrogens is 547 g/mol. The number of hydrogen-bond donors (Lipinski definition) is 2. The fourth-order valence-corrected chi connectivity index (χ4v) is 5.86. The molecule has 3 rings (SSSR count). The molecule has 1 fully saturated rings. The summed E-state index contributed by atoms with van der Waals surface area (Å²) in [4.78, 5) is 15.5. The summed E-state index contributed by atoms with van der Waals surface area (Å²) in [5, 5.41) is 3.07. The van der Waals surface area contributed by atoms with Crippen LogP contribution in [0.4, 0.5) is 8.78 Å². The van der Waals surface area contributed by atoms with Crippen molar-refractivity contribution in [1.82, 2.24) is 10.2 Å². The highest BCUT2D eigenvalue weighted by atomic mass is 35.5. The molecule has 0 aromatic heterocycles. The number of alkyl halides is 2. The van der Waals surface area contributed by atoms with Gasteiger partial charge in [-0.05, 0) is 61.6 Å². The van der Waals surface area contributed by atoms with Gasteiger partial charge in [-0.15, -0.1) is 0 Å². The van der Waals surface area contributed by atoms with Crippen LogP contribution in [0.2, 0.25) is 10.0 Å². The van der Waals surface area contributed by atoms with Crippen LogP contribution in [-0.2, 0) is 26.6 Å². The van der Waals surface area contributed by atoms with Crippen LogP contribution in [0, 0.1) is 0 Å². The molecule has 1 heterocycles. The molecule has 0 radical (unpaired) electrons. The second-order valence-corrected chi connectivity index (χ2v) is 12.6. The van der Waals surface area contributed by atoms with Crippen LogP contribution in [0.15, 0.2) is 42.5 Å². The Morgan fingerprint density at radius 1 is 1.24 bits per heavy atom. The van der Waals surface area contributed by atoms with Crippen LogP contribution in [0.3, 0.4) is 0 Å². The Balaban J connectivity index is 1.77. The zero-order valence-corrected chi connectivity index (χ0v) is 22.9. The molecule has 0 aliphatic carbocycles. The van der Waals surface area contributed by atoms with Crippen LogP contribution in [0.25, 0.3) is 0 Å². The van der Waals surface area contributed by atoms with Crippen molar-refractivity contribution in [2.45, 2.75) is 56.2 Å². The van der Waals surface area contributed by atoms with Gasteiger partial charge in [0.15, 0.2) is 0 Å². The lowest BCUT2D eigenvalue weighted by atomic mass is 9.78. The first-order chi connectivity index (χ1) is 17.3. The Kier molecular flexibility index (Phi) is 9.79. The lowest BCUT2D eigenvalue weighted by Gasteiger charge is -2.39. The largest absolute Gasteiger partial charge is 0.435 e. The van der Waals surface area contributed by atoms with E-state index in [4.69, 9.17) is 28.9 Å². The molecule has 2 aromatic carbocycles. The molecule has 12 heteroatoms. The zero-order valence-electron chi connectivity index (χ0n) is 20.6.